The van der Waals surface area contributed by atoms with Crippen LogP contribution in [-0.2, 0) is 9.59 Å². The Balaban J connectivity index is 2.10. The molecule has 3 atom stereocenters. The molecule has 2 amide bonds. The summed E-state index contributed by atoms with van der Waals surface area (Å²) in [5, 5.41) is 19.1. The zero-order valence-corrected chi connectivity index (χ0v) is 16.6. The summed E-state index contributed by atoms with van der Waals surface area (Å²) in [5.74, 6) is -1.93. The Bertz CT molecular complexity index is 647. The summed E-state index contributed by atoms with van der Waals surface area (Å²) in [5.41, 5.74) is 3.78. The number of carbonyl (C=O) groups is 2. The second kappa shape index (κ2) is 9.19. The van der Waals surface area contributed by atoms with Gasteiger partial charge in [-0.25, -0.2) is 5.48 Å². The Morgan fingerprint density at radius 3 is 2.37 bits per heavy atom. The fourth-order valence-corrected chi connectivity index (χ4v) is 3.61. The quantitative estimate of drug-likeness (QED) is 0.517. The van der Waals surface area contributed by atoms with Gasteiger partial charge >= 0.3 is 0 Å². The van der Waals surface area contributed by atoms with Gasteiger partial charge in [0.15, 0.2) is 0 Å². The molecule has 1 fully saturated rings. The molecule has 27 heavy (non-hydrogen) atoms. The number of benzene rings is 1. The van der Waals surface area contributed by atoms with Crippen molar-refractivity contribution in [3.8, 4) is 0 Å². The summed E-state index contributed by atoms with van der Waals surface area (Å²) in [4.78, 5) is 28.7. The van der Waals surface area contributed by atoms with Crippen LogP contribution in [0.25, 0.3) is 0 Å². The summed E-state index contributed by atoms with van der Waals surface area (Å²) in [6.45, 7) is 9.79. The molecule has 0 bridgehead atoms. The number of hydrogen-bond acceptors (Lipinski definition) is 5. The molecular formula is C20H31N3O4. The lowest BCUT2D eigenvalue weighted by molar-refractivity contribution is -0.152. The van der Waals surface area contributed by atoms with E-state index in [9.17, 15) is 14.7 Å². The number of aliphatic hydroxyl groups excluding tert-OH is 1. The van der Waals surface area contributed by atoms with Crippen LogP contribution in [0.5, 0.6) is 0 Å². The second-order valence-electron chi connectivity index (χ2n) is 7.82. The first kappa shape index (κ1) is 21.2. The molecule has 0 aliphatic carbocycles. The maximum absolute atomic E-state index is 13.1. The number of anilines is 1. The molecule has 0 aromatic heterocycles. The molecule has 1 heterocycles. The van der Waals surface area contributed by atoms with Gasteiger partial charge in [-0.3, -0.25) is 14.8 Å². The predicted octanol–water partition coefficient (Wildman–Crippen LogP) is 1.56. The monoisotopic (exact) mass is 377 g/mol. The minimum atomic E-state index is -1.56. The average molecular weight is 377 g/mol. The first-order valence-corrected chi connectivity index (χ1v) is 9.48. The zero-order chi connectivity index (χ0) is 20.1. The van der Waals surface area contributed by atoms with E-state index in [1.54, 1.807) is 4.90 Å². The van der Waals surface area contributed by atoms with E-state index in [-0.39, 0.29) is 17.9 Å². The van der Waals surface area contributed by atoms with Gasteiger partial charge in [0.1, 0.15) is 6.10 Å². The van der Waals surface area contributed by atoms with Gasteiger partial charge < -0.3 is 14.9 Å². The number of piperazine rings is 1. The number of aliphatic hydroxyl groups is 1. The molecule has 7 nitrogen and oxygen atoms in total. The summed E-state index contributed by atoms with van der Waals surface area (Å²) in [7, 11) is 0. The van der Waals surface area contributed by atoms with Crippen molar-refractivity contribution in [3.05, 3.63) is 29.8 Å². The number of carbonyl (C=O) groups excluding carboxylic acids is 2. The van der Waals surface area contributed by atoms with Crippen LogP contribution in [0.15, 0.2) is 24.3 Å². The lowest BCUT2D eigenvalue weighted by atomic mass is 9.89. The first-order valence-electron chi connectivity index (χ1n) is 9.48. The van der Waals surface area contributed by atoms with Crippen LogP contribution in [0.4, 0.5) is 5.69 Å². The molecule has 2 unspecified atom stereocenters. The second-order valence-corrected chi connectivity index (χ2v) is 7.82. The van der Waals surface area contributed by atoms with Crippen molar-refractivity contribution in [2.24, 2.45) is 11.8 Å². The first-order chi connectivity index (χ1) is 12.7. The molecule has 1 aliphatic heterocycles. The van der Waals surface area contributed by atoms with E-state index in [0.717, 1.165) is 5.69 Å². The predicted molar refractivity (Wildman–Crippen MR) is 103 cm³/mol. The molecule has 7 heteroatoms. The topological polar surface area (TPSA) is 93.1 Å². The van der Waals surface area contributed by atoms with Crippen molar-refractivity contribution in [1.82, 2.24) is 10.4 Å². The lowest BCUT2D eigenvalue weighted by Crippen LogP contribution is -2.57. The standard InChI is InChI=1S/C20H31N3O4/c1-13(2)11-17(18(24)19(25)21-27)20(26)23-10-9-22(12-15(23)4)16-7-5-14(3)6-8-16/h5-8,13,15,17-18,24,27H,9-12H2,1-4H3,(H,21,25)/t15-,17?,18?/m1/s1. The SMILES string of the molecule is Cc1ccc(N2CCN(C(=O)C(CC(C)C)C(O)C(=O)NO)[C@H](C)C2)cc1. The van der Waals surface area contributed by atoms with Gasteiger partial charge in [0.25, 0.3) is 5.91 Å². The molecule has 1 saturated heterocycles. The number of hydroxylamine groups is 1. The smallest absolute Gasteiger partial charge is 0.272 e. The van der Waals surface area contributed by atoms with Gasteiger partial charge in [-0.2, -0.15) is 0 Å². The van der Waals surface area contributed by atoms with E-state index in [1.165, 1.54) is 11.0 Å². The number of rotatable bonds is 6. The molecule has 150 valence electrons. The van der Waals surface area contributed by atoms with Crippen LogP contribution in [0.2, 0.25) is 0 Å². The summed E-state index contributed by atoms with van der Waals surface area (Å²) in [6, 6.07) is 8.25. The molecule has 0 radical (unpaired) electrons. The van der Waals surface area contributed by atoms with Gasteiger partial charge in [-0.05, 0) is 38.3 Å². The van der Waals surface area contributed by atoms with Crippen molar-refractivity contribution in [2.45, 2.75) is 46.3 Å². The van der Waals surface area contributed by atoms with E-state index in [2.05, 4.69) is 29.2 Å². The Morgan fingerprint density at radius 2 is 1.85 bits per heavy atom. The van der Waals surface area contributed by atoms with Crippen LogP contribution in [0, 0.1) is 18.8 Å². The molecule has 2 rings (SSSR count). The van der Waals surface area contributed by atoms with Gasteiger partial charge in [0.05, 0.1) is 5.92 Å². The zero-order valence-electron chi connectivity index (χ0n) is 16.6. The third-order valence-electron chi connectivity index (χ3n) is 5.11. The van der Waals surface area contributed by atoms with Gasteiger partial charge in [0, 0.05) is 31.4 Å². The largest absolute Gasteiger partial charge is 0.382 e. The Labute approximate surface area is 160 Å². The van der Waals surface area contributed by atoms with Crippen LogP contribution >= 0.6 is 0 Å². The normalized spacial score (nSPS) is 19.7. The van der Waals surface area contributed by atoms with E-state index < -0.39 is 17.9 Å². The van der Waals surface area contributed by atoms with E-state index >= 15 is 0 Å². The fraction of sp³-hybridized carbons (Fsp3) is 0.600. The molecule has 3 N–H and O–H groups in total. The minimum absolute atomic E-state index is 0.0494. The fourth-order valence-electron chi connectivity index (χ4n) is 3.61. The highest BCUT2D eigenvalue weighted by Gasteiger charge is 2.38. The van der Waals surface area contributed by atoms with Crippen molar-refractivity contribution >= 4 is 17.5 Å². The minimum Gasteiger partial charge on any atom is -0.382 e. The van der Waals surface area contributed by atoms with Gasteiger partial charge in [-0.1, -0.05) is 31.5 Å². The summed E-state index contributed by atoms with van der Waals surface area (Å²) >= 11 is 0. The Kier molecular flexibility index (Phi) is 7.21. The number of hydrogen-bond donors (Lipinski definition) is 3. The summed E-state index contributed by atoms with van der Waals surface area (Å²) in [6.07, 6.45) is -1.19. The van der Waals surface area contributed by atoms with Crippen LogP contribution in [0.3, 0.4) is 0 Å². The van der Waals surface area contributed by atoms with Crippen molar-refractivity contribution in [1.29, 1.82) is 0 Å². The Hall–Kier alpha value is -2.12. The van der Waals surface area contributed by atoms with E-state index in [1.807, 2.05) is 27.7 Å². The third-order valence-corrected chi connectivity index (χ3v) is 5.11. The third kappa shape index (κ3) is 5.20. The van der Waals surface area contributed by atoms with Gasteiger partial charge in [0.2, 0.25) is 5.91 Å². The highest BCUT2D eigenvalue weighted by molar-refractivity contribution is 5.89. The molecule has 1 aromatic rings. The number of amides is 2. The number of nitrogens with zero attached hydrogens (tertiary/aromatic N) is 2. The van der Waals surface area contributed by atoms with Crippen LogP contribution < -0.4 is 10.4 Å². The van der Waals surface area contributed by atoms with Gasteiger partial charge in [-0.15, -0.1) is 0 Å². The average Bonchev–Trinajstić information content (AvgIpc) is 2.64. The van der Waals surface area contributed by atoms with Crippen molar-refractivity contribution in [2.75, 3.05) is 24.5 Å². The van der Waals surface area contributed by atoms with E-state index in [4.69, 9.17) is 5.21 Å². The Morgan fingerprint density at radius 1 is 1.22 bits per heavy atom. The maximum Gasteiger partial charge on any atom is 0.272 e. The van der Waals surface area contributed by atoms with Crippen molar-refractivity contribution < 1.29 is 19.9 Å². The molecule has 1 aromatic carbocycles. The lowest BCUT2D eigenvalue weighted by Gasteiger charge is -2.42. The summed E-state index contributed by atoms with van der Waals surface area (Å²) < 4.78 is 0. The van der Waals surface area contributed by atoms with E-state index in [0.29, 0.717) is 26.1 Å². The van der Waals surface area contributed by atoms with Crippen LogP contribution in [0.1, 0.15) is 32.8 Å². The van der Waals surface area contributed by atoms with Crippen LogP contribution in [-0.4, -0.2) is 58.8 Å². The molecule has 1 aliphatic rings. The molecular weight excluding hydrogens is 346 g/mol. The molecule has 0 saturated carbocycles. The molecule has 0 spiro atoms. The highest BCUT2D eigenvalue weighted by Crippen LogP contribution is 2.24. The van der Waals surface area contributed by atoms with Crippen molar-refractivity contribution in [3.63, 3.8) is 0 Å². The number of aryl methyl sites for hydroxylation is 1. The maximum atomic E-state index is 13.1. The number of nitrogens with one attached hydrogen (secondary N) is 1. The highest BCUT2D eigenvalue weighted by atomic mass is 16.5.